The van der Waals surface area contributed by atoms with Crippen LogP contribution in [-0.2, 0) is 14.3 Å². The highest BCUT2D eigenvalue weighted by molar-refractivity contribution is 5.99. The van der Waals surface area contributed by atoms with Gasteiger partial charge in [0.1, 0.15) is 0 Å². The molecule has 1 spiro atoms. The Labute approximate surface area is 143 Å². The maximum Gasteiger partial charge on any atom is 0.244 e. The zero-order valence-electron chi connectivity index (χ0n) is 14.5. The van der Waals surface area contributed by atoms with Crippen LogP contribution in [0.3, 0.4) is 0 Å². The molecule has 1 aromatic rings. The molecular formula is C19H26N2O3. The highest BCUT2D eigenvalue weighted by Crippen LogP contribution is 2.36. The molecule has 0 aliphatic carbocycles. The SMILES string of the molecule is Cc1ccc(N2CC[C@H](N3CCC4(CC3)OC[C@H](C)O4)C2=O)cc1. The van der Waals surface area contributed by atoms with Crippen molar-refractivity contribution >= 4 is 11.6 Å². The summed E-state index contributed by atoms with van der Waals surface area (Å²) in [6.45, 7) is 7.34. The molecule has 3 aliphatic heterocycles. The van der Waals surface area contributed by atoms with Crippen molar-refractivity contribution in [2.75, 3.05) is 31.1 Å². The van der Waals surface area contributed by atoms with Gasteiger partial charge in [-0.2, -0.15) is 0 Å². The van der Waals surface area contributed by atoms with Crippen LogP contribution in [0.5, 0.6) is 0 Å². The highest BCUT2D eigenvalue weighted by Gasteiger charge is 2.46. The summed E-state index contributed by atoms with van der Waals surface area (Å²) in [6.07, 6.45) is 2.79. The van der Waals surface area contributed by atoms with E-state index in [0.29, 0.717) is 6.61 Å². The number of ether oxygens (including phenoxy) is 2. The van der Waals surface area contributed by atoms with E-state index in [2.05, 4.69) is 30.9 Å². The number of aryl methyl sites for hydroxylation is 1. The number of piperidine rings is 1. The molecule has 130 valence electrons. The van der Waals surface area contributed by atoms with Gasteiger partial charge in [-0.25, -0.2) is 0 Å². The lowest BCUT2D eigenvalue weighted by Crippen LogP contribution is -2.51. The maximum absolute atomic E-state index is 12.9. The largest absolute Gasteiger partial charge is 0.347 e. The summed E-state index contributed by atoms with van der Waals surface area (Å²) in [5.41, 5.74) is 2.23. The third kappa shape index (κ3) is 2.85. The summed E-state index contributed by atoms with van der Waals surface area (Å²) in [4.78, 5) is 17.1. The molecule has 4 rings (SSSR count). The van der Waals surface area contributed by atoms with Gasteiger partial charge in [-0.3, -0.25) is 9.69 Å². The van der Waals surface area contributed by atoms with E-state index < -0.39 is 5.79 Å². The van der Waals surface area contributed by atoms with Crippen molar-refractivity contribution in [3.63, 3.8) is 0 Å². The summed E-state index contributed by atoms with van der Waals surface area (Å²) in [6, 6.07) is 8.22. The Hall–Kier alpha value is -1.43. The minimum Gasteiger partial charge on any atom is -0.347 e. The predicted octanol–water partition coefficient (Wildman–Crippen LogP) is 2.33. The number of hydrogen-bond donors (Lipinski definition) is 0. The van der Waals surface area contributed by atoms with Crippen LogP contribution < -0.4 is 4.90 Å². The molecule has 5 nitrogen and oxygen atoms in total. The Balaban J connectivity index is 1.40. The summed E-state index contributed by atoms with van der Waals surface area (Å²) in [5, 5.41) is 0. The number of amides is 1. The first-order valence-corrected chi connectivity index (χ1v) is 9.00. The van der Waals surface area contributed by atoms with E-state index in [1.54, 1.807) is 0 Å². The fourth-order valence-electron chi connectivity index (χ4n) is 4.13. The minimum absolute atomic E-state index is 0.00230. The molecule has 3 aliphatic rings. The van der Waals surface area contributed by atoms with E-state index in [1.807, 2.05) is 17.0 Å². The van der Waals surface area contributed by atoms with Gasteiger partial charge in [0.05, 0.1) is 18.8 Å². The molecule has 0 N–H and O–H groups in total. The molecule has 1 amide bonds. The van der Waals surface area contributed by atoms with Gasteiger partial charge in [0.2, 0.25) is 5.91 Å². The van der Waals surface area contributed by atoms with Crippen molar-refractivity contribution in [1.29, 1.82) is 0 Å². The average Bonchev–Trinajstić information content (AvgIpc) is 3.13. The average molecular weight is 330 g/mol. The van der Waals surface area contributed by atoms with E-state index in [4.69, 9.17) is 9.47 Å². The summed E-state index contributed by atoms with van der Waals surface area (Å²) in [7, 11) is 0. The van der Waals surface area contributed by atoms with Crippen LogP contribution in [0.25, 0.3) is 0 Å². The van der Waals surface area contributed by atoms with Crippen LogP contribution in [0.4, 0.5) is 5.69 Å². The number of likely N-dealkylation sites (tertiary alicyclic amines) is 1. The van der Waals surface area contributed by atoms with Crippen LogP contribution >= 0.6 is 0 Å². The van der Waals surface area contributed by atoms with Crippen molar-refractivity contribution in [1.82, 2.24) is 4.90 Å². The summed E-state index contributed by atoms with van der Waals surface area (Å²) >= 11 is 0. The Morgan fingerprint density at radius 1 is 1.12 bits per heavy atom. The molecule has 0 aromatic heterocycles. The first kappa shape index (κ1) is 16.1. The molecule has 0 saturated carbocycles. The molecule has 0 radical (unpaired) electrons. The number of carbonyl (C=O) groups is 1. The van der Waals surface area contributed by atoms with Gasteiger partial charge in [-0.05, 0) is 32.4 Å². The van der Waals surface area contributed by atoms with Crippen LogP contribution in [0, 0.1) is 6.92 Å². The number of carbonyl (C=O) groups excluding carboxylic acids is 1. The molecule has 1 aromatic carbocycles. The van der Waals surface area contributed by atoms with Crippen LogP contribution in [-0.4, -0.2) is 55.0 Å². The van der Waals surface area contributed by atoms with Crippen molar-refractivity contribution in [3.05, 3.63) is 29.8 Å². The number of benzene rings is 1. The number of rotatable bonds is 2. The first-order valence-electron chi connectivity index (χ1n) is 9.00. The number of anilines is 1. The predicted molar refractivity (Wildman–Crippen MR) is 92.0 cm³/mol. The molecule has 5 heteroatoms. The fraction of sp³-hybridized carbons (Fsp3) is 0.632. The number of hydrogen-bond acceptors (Lipinski definition) is 4. The molecule has 3 heterocycles. The van der Waals surface area contributed by atoms with Crippen LogP contribution in [0.15, 0.2) is 24.3 Å². The zero-order valence-corrected chi connectivity index (χ0v) is 14.5. The second-order valence-corrected chi connectivity index (χ2v) is 7.32. The third-order valence-electron chi connectivity index (χ3n) is 5.52. The first-order chi connectivity index (χ1) is 11.6. The van der Waals surface area contributed by atoms with E-state index in [1.165, 1.54) is 5.56 Å². The minimum atomic E-state index is -0.395. The van der Waals surface area contributed by atoms with E-state index in [9.17, 15) is 4.79 Å². The van der Waals surface area contributed by atoms with E-state index >= 15 is 0 Å². The topological polar surface area (TPSA) is 42.0 Å². The van der Waals surface area contributed by atoms with E-state index in [0.717, 1.165) is 44.6 Å². The Bertz CT molecular complexity index is 608. The lowest BCUT2D eigenvalue weighted by molar-refractivity contribution is -0.195. The smallest absolute Gasteiger partial charge is 0.244 e. The Kier molecular flexibility index (Phi) is 4.11. The van der Waals surface area contributed by atoms with E-state index in [-0.39, 0.29) is 18.1 Å². The van der Waals surface area contributed by atoms with Gasteiger partial charge in [0.25, 0.3) is 0 Å². The van der Waals surface area contributed by atoms with Crippen LogP contribution in [0.1, 0.15) is 31.7 Å². The maximum atomic E-state index is 12.9. The van der Waals surface area contributed by atoms with Gasteiger partial charge >= 0.3 is 0 Å². The molecule has 3 fully saturated rings. The van der Waals surface area contributed by atoms with Gasteiger partial charge in [0, 0.05) is 38.2 Å². The second-order valence-electron chi connectivity index (χ2n) is 7.32. The Morgan fingerprint density at radius 3 is 2.46 bits per heavy atom. The lowest BCUT2D eigenvalue weighted by atomic mass is 10.0. The molecule has 0 unspecified atom stereocenters. The van der Waals surface area contributed by atoms with Crippen molar-refractivity contribution < 1.29 is 14.3 Å². The van der Waals surface area contributed by atoms with Gasteiger partial charge in [-0.15, -0.1) is 0 Å². The monoisotopic (exact) mass is 330 g/mol. The molecule has 2 atom stereocenters. The highest BCUT2D eigenvalue weighted by atomic mass is 16.7. The Morgan fingerprint density at radius 2 is 1.83 bits per heavy atom. The van der Waals surface area contributed by atoms with Gasteiger partial charge in [0.15, 0.2) is 5.79 Å². The number of nitrogens with zero attached hydrogens (tertiary/aromatic N) is 2. The zero-order chi connectivity index (χ0) is 16.7. The lowest BCUT2D eigenvalue weighted by Gasteiger charge is -2.39. The fourth-order valence-corrected chi connectivity index (χ4v) is 4.13. The second kappa shape index (κ2) is 6.14. The van der Waals surface area contributed by atoms with Crippen molar-refractivity contribution in [2.45, 2.75) is 51.0 Å². The van der Waals surface area contributed by atoms with Gasteiger partial charge in [-0.1, -0.05) is 17.7 Å². The molecule has 0 bridgehead atoms. The standard InChI is InChI=1S/C19H26N2O3/c1-14-3-5-16(6-4-14)21-10-7-17(18(21)22)20-11-8-19(9-12-20)23-13-15(2)24-19/h3-6,15,17H,7-13H2,1-2H3/t15-,17-/m0/s1. The molecular weight excluding hydrogens is 304 g/mol. The quantitative estimate of drug-likeness (QED) is 0.835. The molecule has 24 heavy (non-hydrogen) atoms. The third-order valence-corrected chi connectivity index (χ3v) is 5.52. The van der Waals surface area contributed by atoms with Gasteiger partial charge < -0.3 is 14.4 Å². The normalized spacial score (nSPS) is 30.4. The summed E-state index contributed by atoms with van der Waals surface area (Å²) < 4.78 is 11.9. The van der Waals surface area contributed by atoms with Crippen molar-refractivity contribution in [3.8, 4) is 0 Å². The molecule has 3 saturated heterocycles. The van der Waals surface area contributed by atoms with Crippen LogP contribution in [0.2, 0.25) is 0 Å². The summed E-state index contributed by atoms with van der Waals surface area (Å²) in [5.74, 6) is -0.162. The van der Waals surface area contributed by atoms with Crippen molar-refractivity contribution in [2.24, 2.45) is 0 Å².